The van der Waals surface area contributed by atoms with E-state index in [2.05, 4.69) is 0 Å². The molecule has 0 spiro atoms. The quantitative estimate of drug-likeness (QED) is 0.792. The van der Waals surface area contributed by atoms with Crippen LogP contribution >= 0.6 is 11.6 Å². The Bertz CT molecular complexity index is 419. The van der Waals surface area contributed by atoms with Gasteiger partial charge >= 0.3 is 0 Å². The molecule has 92 valence electrons. The number of nitriles is 1. The number of alkyl halides is 1. The molecule has 0 radical (unpaired) electrons. The number of nitrogens with zero attached hydrogens (tertiary/aromatic N) is 1. The monoisotopic (exact) mass is 257 g/mol. The molecule has 1 aromatic carbocycles. The first kappa shape index (κ1) is 13.9. The van der Waals surface area contributed by atoms with Crippen LogP contribution in [0.25, 0.3) is 0 Å². The van der Waals surface area contributed by atoms with Gasteiger partial charge in [0.05, 0.1) is 18.6 Å². The third kappa shape index (κ3) is 3.67. The molecule has 2 atom stereocenters. The molecular weight excluding hydrogens is 245 g/mol. The van der Waals surface area contributed by atoms with E-state index < -0.39 is 18.0 Å². The largest absolute Gasteiger partial charge is 0.390 e. The molecule has 1 rings (SSSR count). The van der Waals surface area contributed by atoms with Gasteiger partial charge in [0.25, 0.3) is 0 Å². The van der Waals surface area contributed by atoms with Crippen molar-refractivity contribution in [3.63, 3.8) is 0 Å². The van der Waals surface area contributed by atoms with Crippen LogP contribution in [0.15, 0.2) is 18.2 Å². The second-order valence-corrected chi connectivity index (χ2v) is 4.06. The van der Waals surface area contributed by atoms with Crippen LogP contribution in [-0.4, -0.2) is 22.2 Å². The number of halogens is 2. The molecule has 0 saturated heterocycles. The van der Waals surface area contributed by atoms with Gasteiger partial charge in [-0.25, -0.2) is 4.39 Å². The molecule has 0 aliphatic rings. The summed E-state index contributed by atoms with van der Waals surface area (Å²) < 4.78 is 13.5. The molecule has 2 unspecified atom stereocenters. The van der Waals surface area contributed by atoms with Crippen LogP contribution < -0.4 is 0 Å². The average molecular weight is 258 g/mol. The van der Waals surface area contributed by atoms with Gasteiger partial charge in [-0.1, -0.05) is 6.07 Å². The first-order valence-electron chi connectivity index (χ1n) is 5.17. The fraction of sp³-hybridized carbons (Fsp3) is 0.417. The van der Waals surface area contributed by atoms with Gasteiger partial charge in [0.1, 0.15) is 11.9 Å². The van der Waals surface area contributed by atoms with E-state index in [0.717, 1.165) is 0 Å². The molecule has 5 heteroatoms. The molecule has 0 saturated carbocycles. The van der Waals surface area contributed by atoms with Crippen molar-refractivity contribution in [1.29, 1.82) is 5.26 Å². The first-order valence-corrected chi connectivity index (χ1v) is 5.71. The maximum Gasteiger partial charge on any atom is 0.129 e. The molecule has 0 fully saturated rings. The molecular formula is C12H13ClFNO2. The Morgan fingerprint density at radius 1 is 1.41 bits per heavy atom. The van der Waals surface area contributed by atoms with Crippen molar-refractivity contribution in [2.45, 2.75) is 25.0 Å². The van der Waals surface area contributed by atoms with Gasteiger partial charge in [-0.15, -0.1) is 11.6 Å². The van der Waals surface area contributed by atoms with Crippen LogP contribution in [0.3, 0.4) is 0 Å². The lowest BCUT2D eigenvalue weighted by atomic mass is 9.99. The second kappa shape index (κ2) is 6.55. The van der Waals surface area contributed by atoms with Crippen molar-refractivity contribution >= 4 is 11.6 Å². The van der Waals surface area contributed by atoms with Crippen LogP contribution in [-0.2, 0) is 6.42 Å². The standard InChI is InChI=1S/C12H13ClFNO2/c13-5-3-11(16)12(17)9-7-8(4-6-15)1-2-10(9)14/h1-2,7,11-12,16-17H,3-5H2. The summed E-state index contributed by atoms with van der Waals surface area (Å²) in [6.45, 7) is 0. The lowest BCUT2D eigenvalue weighted by Crippen LogP contribution is -2.20. The summed E-state index contributed by atoms with van der Waals surface area (Å²) in [4.78, 5) is 0. The number of hydrogen-bond acceptors (Lipinski definition) is 3. The van der Waals surface area contributed by atoms with E-state index in [9.17, 15) is 14.6 Å². The molecule has 0 heterocycles. The van der Waals surface area contributed by atoms with E-state index >= 15 is 0 Å². The van der Waals surface area contributed by atoms with Crippen LogP contribution in [0.2, 0.25) is 0 Å². The second-order valence-electron chi connectivity index (χ2n) is 3.68. The van der Waals surface area contributed by atoms with E-state index in [0.29, 0.717) is 5.56 Å². The molecule has 2 N–H and O–H groups in total. The summed E-state index contributed by atoms with van der Waals surface area (Å²) in [5.41, 5.74) is 0.594. The highest BCUT2D eigenvalue weighted by molar-refractivity contribution is 6.17. The van der Waals surface area contributed by atoms with Crippen LogP contribution in [0.1, 0.15) is 23.7 Å². The van der Waals surface area contributed by atoms with E-state index in [1.54, 1.807) is 0 Å². The summed E-state index contributed by atoms with van der Waals surface area (Å²) in [5.74, 6) is -0.426. The van der Waals surface area contributed by atoms with Crippen molar-refractivity contribution in [3.8, 4) is 6.07 Å². The number of aliphatic hydroxyl groups is 2. The topological polar surface area (TPSA) is 64.2 Å². The third-order valence-electron chi connectivity index (χ3n) is 2.43. The van der Waals surface area contributed by atoms with Crippen LogP contribution in [0.4, 0.5) is 4.39 Å². The summed E-state index contributed by atoms with van der Waals surface area (Å²) in [7, 11) is 0. The number of rotatable bonds is 5. The minimum Gasteiger partial charge on any atom is -0.390 e. The highest BCUT2D eigenvalue weighted by Crippen LogP contribution is 2.23. The van der Waals surface area contributed by atoms with Gasteiger partial charge in [0.15, 0.2) is 0 Å². The van der Waals surface area contributed by atoms with Crippen molar-refractivity contribution in [3.05, 3.63) is 35.1 Å². The predicted octanol–water partition coefficient (Wildman–Crippen LogP) is 1.91. The molecule has 17 heavy (non-hydrogen) atoms. The molecule has 3 nitrogen and oxygen atoms in total. The zero-order valence-corrected chi connectivity index (χ0v) is 9.86. The molecule has 1 aromatic rings. The molecule has 0 aromatic heterocycles. The van der Waals surface area contributed by atoms with Crippen molar-refractivity contribution in [1.82, 2.24) is 0 Å². The zero-order chi connectivity index (χ0) is 12.8. The SMILES string of the molecule is N#CCc1ccc(F)c(C(O)C(O)CCCl)c1. The smallest absolute Gasteiger partial charge is 0.129 e. The van der Waals surface area contributed by atoms with E-state index in [1.807, 2.05) is 6.07 Å². The van der Waals surface area contributed by atoms with Crippen LogP contribution in [0, 0.1) is 17.1 Å². The Labute approximate surface area is 104 Å². The lowest BCUT2D eigenvalue weighted by molar-refractivity contribution is 0.0149. The molecule has 0 aliphatic carbocycles. The van der Waals surface area contributed by atoms with E-state index in [1.165, 1.54) is 18.2 Å². The van der Waals surface area contributed by atoms with Gasteiger partial charge < -0.3 is 10.2 Å². The normalized spacial score (nSPS) is 14.1. The number of aliphatic hydroxyl groups excluding tert-OH is 2. The fourth-order valence-electron chi connectivity index (χ4n) is 1.50. The fourth-order valence-corrected chi connectivity index (χ4v) is 1.72. The van der Waals surface area contributed by atoms with Gasteiger partial charge in [-0.2, -0.15) is 5.26 Å². The van der Waals surface area contributed by atoms with Gasteiger partial charge in [0.2, 0.25) is 0 Å². The average Bonchev–Trinajstić information content (AvgIpc) is 2.31. The lowest BCUT2D eigenvalue weighted by Gasteiger charge is -2.18. The third-order valence-corrected chi connectivity index (χ3v) is 2.65. The van der Waals surface area contributed by atoms with E-state index in [-0.39, 0.29) is 24.3 Å². The Morgan fingerprint density at radius 2 is 2.12 bits per heavy atom. The molecule has 0 bridgehead atoms. The summed E-state index contributed by atoms with van der Waals surface area (Å²) >= 11 is 5.44. The first-order chi connectivity index (χ1) is 8.10. The predicted molar refractivity (Wildman–Crippen MR) is 62.0 cm³/mol. The number of hydrogen-bond donors (Lipinski definition) is 2. The minimum absolute atomic E-state index is 0.00429. The Morgan fingerprint density at radius 3 is 2.71 bits per heavy atom. The maximum absolute atomic E-state index is 13.5. The summed E-state index contributed by atoms with van der Waals surface area (Å²) in [6, 6.07) is 5.98. The highest BCUT2D eigenvalue weighted by Gasteiger charge is 2.21. The Balaban J connectivity index is 2.95. The van der Waals surface area contributed by atoms with Gasteiger partial charge in [-0.05, 0) is 24.1 Å². The van der Waals surface area contributed by atoms with Crippen molar-refractivity contribution < 1.29 is 14.6 Å². The van der Waals surface area contributed by atoms with Gasteiger partial charge in [0, 0.05) is 11.4 Å². The summed E-state index contributed by atoms with van der Waals surface area (Å²) in [5, 5.41) is 27.9. The Kier molecular flexibility index (Phi) is 5.36. The van der Waals surface area contributed by atoms with Crippen molar-refractivity contribution in [2.24, 2.45) is 0 Å². The van der Waals surface area contributed by atoms with Crippen molar-refractivity contribution in [2.75, 3.05) is 5.88 Å². The summed E-state index contributed by atoms with van der Waals surface area (Å²) in [6.07, 6.45) is -2.14. The van der Waals surface area contributed by atoms with Crippen LogP contribution in [0.5, 0.6) is 0 Å². The zero-order valence-electron chi connectivity index (χ0n) is 9.11. The highest BCUT2D eigenvalue weighted by atomic mass is 35.5. The number of benzene rings is 1. The minimum atomic E-state index is -1.33. The Hall–Kier alpha value is -1.15. The molecule has 0 aliphatic heterocycles. The van der Waals surface area contributed by atoms with E-state index in [4.69, 9.17) is 16.9 Å². The maximum atomic E-state index is 13.5. The molecule has 0 amide bonds. The van der Waals surface area contributed by atoms with Gasteiger partial charge in [-0.3, -0.25) is 0 Å².